The van der Waals surface area contributed by atoms with Crippen LogP contribution in [0.15, 0.2) is 28.7 Å². The van der Waals surface area contributed by atoms with Crippen molar-refractivity contribution >= 4 is 18.3 Å². The minimum absolute atomic E-state index is 0. The van der Waals surface area contributed by atoms with E-state index in [1.807, 2.05) is 6.07 Å². The molecule has 2 unspecified atom stereocenters. The normalized spacial score (nSPS) is 22.6. The van der Waals surface area contributed by atoms with Gasteiger partial charge in [0, 0.05) is 32.1 Å². The summed E-state index contributed by atoms with van der Waals surface area (Å²) in [5, 5.41) is 12.6. The third kappa shape index (κ3) is 3.10. The summed E-state index contributed by atoms with van der Waals surface area (Å²) in [4.78, 5) is 6.44. The monoisotopic (exact) mass is 348 g/mol. The molecule has 2 atom stereocenters. The maximum absolute atomic E-state index is 13.4. The standard InChI is InChI=1S/C17H17FN4O.ClH/c18-12-3-1-2-11(8-12)13-9-14(13)16-21-15(10-19)17(23-16)22-6-4-20-5-7-22;/h1-3,8,13-14,20H,4-7,9H2;1H. The number of anilines is 1. The van der Waals surface area contributed by atoms with Crippen LogP contribution in [0.4, 0.5) is 10.3 Å². The van der Waals surface area contributed by atoms with Crippen LogP contribution in [0.1, 0.15) is 35.4 Å². The summed E-state index contributed by atoms with van der Waals surface area (Å²) in [7, 11) is 0. The lowest BCUT2D eigenvalue weighted by Gasteiger charge is -2.26. The number of benzene rings is 1. The van der Waals surface area contributed by atoms with Gasteiger partial charge in [-0.2, -0.15) is 5.26 Å². The topological polar surface area (TPSA) is 65.1 Å². The number of halogens is 2. The molecular formula is C17H18ClFN4O. The minimum atomic E-state index is -0.222. The highest BCUT2D eigenvalue weighted by Gasteiger charge is 2.44. The summed E-state index contributed by atoms with van der Waals surface area (Å²) in [6.45, 7) is 3.36. The van der Waals surface area contributed by atoms with Crippen LogP contribution in [0, 0.1) is 17.1 Å². The van der Waals surface area contributed by atoms with E-state index in [0.717, 1.165) is 38.2 Å². The van der Waals surface area contributed by atoms with E-state index in [1.165, 1.54) is 6.07 Å². The second kappa shape index (κ2) is 6.80. The average Bonchev–Trinajstić information content (AvgIpc) is 3.27. The molecule has 5 nitrogen and oxygen atoms in total. The summed E-state index contributed by atoms with van der Waals surface area (Å²) in [6.07, 6.45) is 0.885. The fraction of sp³-hybridized carbons (Fsp3) is 0.412. The molecule has 0 amide bonds. The zero-order chi connectivity index (χ0) is 15.8. The van der Waals surface area contributed by atoms with Gasteiger partial charge in [0.25, 0.3) is 0 Å². The number of hydrogen-bond acceptors (Lipinski definition) is 5. The Bertz CT molecular complexity index is 766. The van der Waals surface area contributed by atoms with Crippen molar-refractivity contribution in [1.29, 1.82) is 5.26 Å². The molecule has 1 aliphatic carbocycles. The summed E-state index contributed by atoms with van der Waals surface area (Å²) in [5.41, 5.74) is 1.32. The fourth-order valence-corrected chi connectivity index (χ4v) is 3.22. The highest BCUT2D eigenvalue weighted by molar-refractivity contribution is 5.85. The van der Waals surface area contributed by atoms with Gasteiger partial charge in [-0.25, -0.2) is 9.37 Å². The number of rotatable bonds is 3. The smallest absolute Gasteiger partial charge is 0.234 e. The first-order valence-electron chi connectivity index (χ1n) is 7.88. The molecular weight excluding hydrogens is 331 g/mol. The van der Waals surface area contributed by atoms with Gasteiger partial charge in [0.15, 0.2) is 0 Å². The van der Waals surface area contributed by atoms with Crippen molar-refractivity contribution in [2.75, 3.05) is 31.1 Å². The van der Waals surface area contributed by atoms with Crippen LogP contribution in [0.25, 0.3) is 0 Å². The lowest BCUT2D eigenvalue weighted by molar-refractivity contribution is 0.467. The molecule has 1 N–H and O–H groups in total. The van der Waals surface area contributed by atoms with E-state index in [0.29, 0.717) is 17.5 Å². The van der Waals surface area contributed by atoms with Crippen molar-refractivity contribution in [3.05, 3.63) is 47.2 Å². The van der Waals surface area contributed by atoms with E-state index in [1.54, 1.807) is 12.1 Å². The van der Waals surface area contributed by atoms with E-state index in [2.05, 4.69) is 21.3 Å². The molecule has 1 saturated heterocycles. The van der Waals surface area contributed by atoms with Crippen molar-refractivity contribution < 1.29 is 8.81 Å². The predicted octanol–water partition coefficient (Wildman–Crippen LogP) is 2.79. The van der Waals surface area contributed by atoms with Gasteiger partial charge in [-0.1, -0.05) is 12.1 Å². The first kappa shape index (κ1) is 16.7. The Labute approximate surface area is 145 Å². The number of hydrogen-bond donors (Lipinski definition) is 1. The van der Waals surface area contributed by atoms with Crippen LogP contribution >= 0.6 is 12.4 Å². The average molecular weight is 349 g/mol. The molecule has 0 radical (unpaired) electrons. The van der Waals surface area contributed by atoms with E-state index >= 15 is 0 Å². The van der Waals surface area contributed by atoms with Gasteiger partial charge in [0.1, 0.15) is 11.9 Å². The maximum Gasteiger partial charge on any atom is 0.234 e. The number of nitriles is 1. The molecule has 0 spiro atoms. The fourth-order valence-electron chi connectivity index (χ4n) is 3.22. The van der Waals surface area contributed by atoms with E-state index < -0.39 is 0 Å². The van der Waals surface area contributed by atoms with Gasteiger partial charge in [-0.3, -0.25) is 0 Å². The van der Waals surface area contributed by atoms with Crippen molar-refractivity contribution in [1.82, 2.24) is 10.3 Å². The molecule has 1 aromatic carbocycles. The second-order valence-electron chi connectivity index (χ2n) is 6.06. The molecule has 1 aromatic heterocycles. The Balaban J connectivity index is 0.00000169. The first-order valence-corrected chi connectivity index (χ1v) is 7.88. The van der Waals surface area contributed by atoms with Crippen LogP contribution in [0.2, 0.25) is 0 Å². The van der Waals surface area contributed by atoms with Crippen molar-refractivity contribution in [3.63, 3.8) is 0 Å². The third-order valence-corrected chi connectivity index (χ3v) is 4.52. The molecule has 2 aliphatic rings. The molecule has 1 aliphatic heterocycles. The molecule has 2 aromatic rings. The third-order valence-electron chi connectivity index (χ3n) is 4.52. The highest BCUT2D eigenvalue weighted by atomic mass is 35.5. The van der Waals surface area contributed by atoms with Crippen LogP contribution in [-0.4, -0.2) is 31.2 Å². The molecule has 2 heterocycles. The SMILES string of the molecule is Cl.N#Cc1nc(C2CC2c2cccc(F)c2)oc1N1CCNCC1. The number of nitrogens with one attached hydrogen (secondary N) is 1. The van der Waals surface area contributed by atoms with E-state index in [9.17, 15) is 9.65 Å². The Kier molecular flexibility index (Phi) is 4.74. The van der Waals surface area contributed by atoms with Crippen molar-refractivity contribution in [3.8, 4) is 6.07 Å². The predicted molar refractivity (Wildman–Crippen MR) is 90.0 cm³/mol. The number of nitrogens with zero attached hydrogens (tertiary/aromatic N) is 3. The van der Waals surface area contributed by atoms with Gasteiger partial charge >= 0.3 is 0 Å². The van der Waals surface area contributed by atoms with Gasteiger partial charge in [0.2, 0.25) is 17.5 Å². The summed E-state index contributed by atoms with van der Waals surface area (Å²) >= 11 is 0. The van der Waals surface area contributed by atoms with Gasteiger partial charge < -0.3 is 14.6 Å². The Morgan fingerprint density at radius 2 is 2.08 bits per heavy atom. The number of aromatic nitrogens is 1. The Morgan fingerprint density at radius 3 is 2.79 bits per heavy atom. The maximum atomic E-state index is 13.4. The zero-order valence-electron chi connectivity index (χ0n) is 13.0. The van der Waals surface area contributed by atoms with Gasteiger partial charge in [-0.15, -0.1) is 12.4 Å². The highest BCUT2D eigenvalue weighted by Crippen LogP contribution is 2.55. The lowest BCUT2D eigenvalue weighted by Crippen LogP contribution is -2.43. The Morgan fingerprint density at radius 1 is 1.29 bits per heavy atom. The minimum Gasteiger partial charge on any atom is -0.423 e. The molecule has 24 heavy (non-hydrogen) atoms. The van der Waals surface area contributed by atoms with Crippen molar-refractivity contribution in [2.45, 2.75) is 18.3 Å². The summed E-state index contributed by atoms with van der Waals surface area (Å²) in [5.74, 6) is 1.32. The molecule has 1 saturated carbocycles. The van der Waals surface area contributed by atoms with Gasteiger partial charge in [0.05, 0.1) is 0 Å². The van der Waals surface area contributed by atoms with Crippen LogP contribution in [0.5, 0.6) is 0 Å². The second-order valence-corrected chi connectivity index (χ2v) is 6.06. The van der Waals surface area contributed by atoms with E-state index in [-0.39, 0.29) is 30.1 Å². The van der Waals surface area contributed by atoms with Crippen LogP contribution in [-0.2, 0) is 0 Å². The number of piperazine rings is 1. The molecule has 0 bridgehead atoms. The molecule has 4 rings (SSSR count). The van der Waals surface area contributed by atoms with E-state index in [4.69, 9.17) is 4.42 Å². The quantitative estimate of drug-likeness (QED) is 0.924. The molecule has 7 heteroatoms. The van der Waals surface area contributed by atoms with Crippen molar-refractivity contribution in [2.24, 2.45) is 0 Å². The number of oxazole rings is 1. The molecule has 126 valence electrons. The summed E-state index contributed by atoms with van der Waals surface area (Å²) < 4.78 is 19.3. The van der Waals surface area contributed by atoms with Gasteiger partial charge in [-0.05, 0) is 30.0 Å². The lowest BCUT2D eigenvalue weighted by atomic mass is 10.1. The van der Waals surface area contributed by atoms with Crippen LogP contribution < -0.4 is 10.2 Å². The first-order chi connectivity index (χ1) is 11.3. The largest absolute Gasteiger partial charge is 0.423 e. The van der Waals surface area contributed by atoms with Crippen LogP contribution in [0.3, 0.4) is 0 Å². The zero-order valence-corrected chi connectivity index (χ0v) is 13.9. The Hall–Kier alpha value is -2.10. The summed E-state index contributed by atoms with van der Waals surface area (Å²) in [6, 6.07) is 8.80. The molecule has 2 fully saturated rings.